The third-order valence-corrected chi connectivity index (χ3v) is 8.50. The summed E-state index contributed by atoms with van der Waals surface area (Å²) < 4.78 is 39.3. The molecule has 2 saturated heterocycles. The Labute approximate surface area is 166 Å². The predicted octanol–water partition coefficient (Wildman–Crippen LogP) is 2.44. The number of fused-ring (bicyclic) bond motifs is 1. The molecule has 0 aromatic heterocycles. The molecule has 0 saturated carbocycles. The van der Waals surface area contributed by atoms with E-state index in [2.05, 4.69) is 4.90 Å². The average molecular weight is 413 g/mol. The third-order valence-electron chi connectivity index (χ3n) is 5.55. The van der Waals surface area contributed by atoms with Gasteiger partial charge in [0.2, 0.25) is 10.0 Å². The van der Waals surface area contributed by atoms with Gasteiger partial charge in [0, 0.05) is 38.2 Å². The number of benzene rings is 1. The van der Waals surface area contributed by atoms with Gasteiger partial charge in [-0.1, -0.05) is 0 Å². The summed E-state index contributed by atoms with van der Waals surface area (Å²) in [5, 5.41) is 0. The Morgan fingerprint density at radius 1 is 0.926 bits per heavy atom. The van der Waals surface area contributed by atoms with E-state index in [4.69, 9.17) is 9.47 Å². The van der Waals surface area contributed by atoms with Crippen LogP contribution in [-0.4, -0.2) is 74.6 Å². The van der Waals surface area contributed by atoms with Crippen LogP contribution in [0.4, 0.5) is 0 Å². The molecule has 0 atom stereocenters. The van der Waals surface area contributed by atoms with Crippen LogP contribution in [0.5, 0.6) is 11.5 Å². The number of hydrogen-bond acceptors (Lipinski definition) is 6. The molecule has 0 radical (unpaired) electrons. The van der Waals surface area contributed by atoms with Gasteiger partial charge in [-0.25, -0.2) is 8.42 Å². The van der Waals surface area contributed by atoms with Gasteiger partial charge in [0.25, 0.3) is 0 Å². The maximum atomic E-state index is 13.2. The molecule has 0 N–H and O–H groups in total. The molecule has 2 fully saturated rings. The van der Waals surface area contributed by atoms with Crippen LogP contribution < -0.4 is 9.47 Å². The zero-order valence-electron chi connectivity index (χ0n) is 15.6. The summed E-state index contributed by atoms with van der Waals surface area (Å²) in [6.45, 7) is 4.09. The van der Waals surface area contributed by atoms with Crippen molar-refractivity contribution in [2.75, 3.05) is 50.9 Å². The highest BCUT2D eigenvalue weighted by atomic mass is 32.2. The first kappa shape index (κ1) is 19.4. The van der Waals surface area contributed by atoms with Crippen LogP contribution >= 0.6 is 11.8 Å². The molecule has 0 amide bonds. The van der Waals surface area contributed by atoms with Crippen molar-refractivity contribution in [2.24, 2.45) is 0 Å². The first-order valence-electron chi connectivity index (χ1n) is 9.86. The lowest BCUT2D eigenvalue weighted by molar-refractivity contribution is 0.195. The van der Waals surface area contributed by atoms with Crippen LogP contribution in [0, 0.1) is 0 Å². The zero-order valence-corrected chi connectivity index (χ0v) is 17.3. The molecule has 27 heavy (non-hydrogen) atoms. The van der Waals surface area contributed by atoms with E-state index in [1.165, 1.54) is 24.3 Å². The van der Waals surface area contributed by atoms with E-state index < -0.39 is 10.0 Å². The largest absolute Gasteiger partial charge is 0.490 e. The lowest BCUT2D eigenvalue weighted by Gasteiger charge is -2.33. The summed E-state index contributed by atoms with van der Waals surface area (Å²) >= 11 is 2.03. The highest BCUT2D eigenvalue weighted by molar-refractivity contribution is 7.99. The first-order chi connectivity index (χ1) is 13.1. The number of thioether (sulfide) groups is 1. The molecule has 6 nitrogen and oxygen atoms in total. The Morgan fingerprint density at radius 3 is 2.52 bits per heavy atom. The molecule has 3 aliphatic heterocycles. The SMILES string of the molecule is O=S(=O)(c1ccc2c(c1)OCCCO2)N1CCCN(C2CCSCC2)CC1. The minimum Gasteiger partial charge on any atom is -0.490 e. The van der Waals surface area contributed by atoms with Crippen LogP contribution in [0.2, 0.25) is 0 Å². The van der Waals surface area contributed by atoms with Gasteiger partial charge in [-0.3, -0.25) is 4.90 Å². The van der Waals surface area contributed by atoms with Gasteiger partial charge in [-0.15, -0.1) is 0 Å². The average Bonchev–Trinajstić information content (AvgIpc) is 3.09. The van der Waals surface area contributed by atoms with Gasteiger partial charge in [-0.05, 0) is 49.4 Å². The van der Waals surface area contributed by atoms with Gasteiger partial charge >= 0.3 is 0 Å². The third kappa shape index (κ3) is 4.39. The van der Waals surface area contributed by atoms with E-state index in [9.17, 15) is 8.42 Å². The van der Waals surface area contributed by atoms with E-state index in [1.54, 1.807) is 22.5 Å². The Bertz CT molecular complexity index is 750. The molecule has 1 aromatic rings. The van der Waals surface area contributed by atoms with E-state index in [1.807, 2.05) is 11.8 Å². The number of rotatable bonds is 3. The Hall–Kier alpha value is -0.960. The Kier molecular flexibility index (Phi) is 6.16. The second-order valence-electron chi connectivity index (χ2n) is 7.30. The quantitative estimate of drug-likeness (QED) is 0.760. The summed E-state index contributed by atoms with van der Waals surface area (Å²) in [6.07, 6.45) is 4.13. The summed E-state index contributed by atoms with van der Waals surface area (Å²) in [7, 11) is -3.52. The van der Waals surface area contributed by atoms with Crippen LogP contribution in [0.1, 0.15) is 25.7 Å². The molecule has 0 bridgehead atoms. The topological polar surface area (TPSA) is 59.1 Å². The first-order valence-corrected chi connectivity index (χ1v) is 12.5. The van der Waals surface area contributed by atoms with E-state index >= 15 is 0 Å². The second kappa shape index (κ2) is 8.59. The van der Waals surface area contributed by atoms with E-state index in [0.717, 1.165) is 25.9 Å². The van der Waals surface area contributed by atoms with Crippen LogP contribution in [-0.2, 0) is 10.0 Å². The zero-order chi connectivity index (χ0) is 18.7. The second-order valence-corrected chi connectivity index (χ2v) is 10.5. The maximum Gasteiger partial charge on any atom is 0.243 e. The molecular formula is C19H28N2O4S2. The van der Waals surface area contributed by atoms with Crippen molar-refractivity contribution >= 4 is 21.8 Å². The standard InChI is InChI=1S/C19H28N2O4S2/c22-27(23,17-3-4-18-19(15-17)25-12-2-11-24-18)21-8-1-7-20(9-10-21)16-5-13-26-14-6-16/h3-4,15-16H,1-2,5-14H2. The minimum absolute atomic E-state index is 0.300. The van der Waals surface area contributed by atoms with Crippen molar-refractivity contribution in [3.8, 4) is 11.5 Å². The molecule has 4 rings (SSSR count). The highest BCUT2D eigenvalue weighted by Gasteiger charge is 2.30. The highest BCUT2D eigenvalue weighted by Crippen LogP contribution is 2.33. The molecule has 1 aromatic carbocycles. The summed E-state index contributed by atoms with van der Waals surface area (Å²) in [6, 6.07) is 5.60. The fraction of sp³-hybridized carbons (Fsp3) is 0.684. The smallest absolute Gasteiger partial charge is 0.243 e. The Morgan fingerprint density at radius 2 is 1.70 bits per heavy atom. The van der Waals surface area contributed by atoms with Gasteiger partial charge in [0.05, 0.1) is 18.1 Å². The molecule has 0 aliphatic carbocycles. The predicted molar refractivity (Wildman–Crippen MR) is 107 cm³/mol. The molecule has 0 spiro atoms. The molecule has 3 heterocycles. The number of sulfonamides is 1. The number of hydrogen-bond donors (Lipinski definition) is 0. The summed E-state index contributed by atoms with van der Waals surface area (Å²) in [5.41, 5.74) is 0. The van der Waals surface area contributed by atoms with Crippen molar-refractivity contribution in [1.82, 2.24) is 9.21 Å². The lowest BCUT2D eigenvalue weighted by atomic mass is 10.1. The summed E-state index contributed by atoms with van der Waals surface area (Å²) in [4.78, 5) is 2.80. The molecule has 150 valence electrons. The number of nitrogens with zero attached hydrogens (tertiary/aromatic N) is 2. The molecule has 3 aliphatic rings. The lowest BCUT2D eigenvalue weighted by Crippen LogP contribution is -2.41. The fourth-order valence-electron chi connectivity index (χ4n) is 4.02. The van der Waals surface area contributed by atoms with Gasteiger partial charge in [0.1, 0.15) is 0 Å². The maximum absolute atomic E-state index is 13.2. The number of ether oxygens (including phenoxy) is 2. The van der Waals surface area contributed by atoms with Crippen molar-refractivity contribution in [3.05, 3.63) is 18.2 Å². The Balaban J connectivity index is 1.48. The minimum atomic E-state index is -3.52. The molecule has 0 unspecified atom stereocenters. The molecular weight excluding hydrogens is 384 g/mol. The summed E-state index contributed by atoms with van der Waals surface area (Å²) in [5.74, 6) is 3.61. The fourth-order valence-corrected chi connectivity index (χ4v) is 6.59. The van der Waals surface area contributed by atoms with Crippen LogP contribution in [0.3, 0.4) is 0 Å². The van der Waals surface area contributed by atoms with Crippen LogP contribution in [0.15, 0.2) is 23.1 Å². The van der Waals surface area contributed by atoms with E-state index in [-0.39, 0.29) is 0 Å². The van der Waals surface area contributed by atoms with Crippen molar-refractivity contribution in [2.45, 2.75) is 36.6 Å². The molecule has 8 heteroatoms. The van der Waals surface area contributed by atoms with Gasteiger partial charge in [-0.2, -0.15) is 16.1 Å². The van der Waals surface area contributed by atoms with Crippen LogP contribution in [0.25, 0.3) is 0 Å². The van der Waals surface area contributed by atoms with E-state index in [0.29, 0.717) is 48.7 Å². The van der Waals surface area contributed by atoms with Crippen molar-refractivity contribution in [3.63, 3.8) is 0 Å². The van der Waals surface area contributed by atoms with Gasteiger partial charge in [0.15, 0.2) is 11.5 Å². The van der Waals surface area contributed by atoms with Crippen molar-refractivity contribution < 1.29 is 17.9 Å². The monoisotopic (exact) mass is 412 g/mol. The normalized spacial score (nSPS) is 23.6. The van der Waals surface area contributed by atoms with Gasteiger partial charge < -0.3 is 9.47 Å². The van der Waals surface area contributed by atoms with Crippen molar-refractivity contribution in [1.29, 1.82) is 0 Å².